The Bertz CT molecular complexity index is 517. The molecule has 0 aliphatic carbocycles. The largest absolute Gasteiger partial charge is 0.416 e. The third-order valence-electron chi connectivity index (χ3n) is 3.09. The van der Waals surface area contributed by atoms with Crippen LogP contribution in [0.25, 0.3) is 0 Å². The number of aliphatic hydroxyl groups is 1. The minimum Gasteiger partial charge on any atom is -0.394 e. The molecule has 0 aliphatic rings. The number of alkyl halides is 3. The maximum Gasteiger partial charge on any atom is 0.416 e. The fraction of sp³-hybridized carbons (Fsp3) is 0.462. The van der Waals surface area contributed by atoms with Crippen LogP contribution in [0.15, 0.2) is 18.2 Å². The predicted molar refractivity (Wildman–Crippen MR) is 74.4 cm³/mol. The topological polar surface area (TPSA) is 61.4 Å². The van der Waals surface area contributed by atoms with Crippen LogP contribution in [0, 0.1) is 0 Å². The van der Waals surface area contributed by atoms with Gasteiger partial charge in [-0.15, -0.1) is 0 Å². The van der Waals surface area contributed by atoms with Crippen LogP contribution >= 0.6 is 11.6 Å². The number of halogens is 4. The van der Waals surface area contributed by atoms with Gasteiger partial charge in [0.15, 0.2) is 0 Å². The highest BCUT2D eigenvalue weighted by Crippen LogP contribution is 2.33. The number of rotatable bonds is 4. The summed E-state index contributed by atoms with van der Waals surface area (Å²) >= 11 is 5.73. The number of hydrogen-bond donors (Lipinski definition) is 3. The van der Waals surface area contributed by atoms with Gasteiger partial charge in [0.05, 0.1) is 28.4 Å². The van der Waals surface area contributed by atoms with Gasteiger partial charge in [0.25, 0.3) is 0 Å². The van der Waals surface area contributed by atoms with Crippen molar-refractivity contribution >= 4 is 23.3 Å². The lowest BCUT2D eigenvalue weighted by molar-refractivity contribution is -0.137. The highest BCUT2D eigenvalue weighted by molar-refractivity contribution is 6.33. The van der Waals surface area contributed by atoms with Crippen molar-refractivity contribution in [1.29, 1.82) is 0 Å². The van der Waals surface area contributed by atoms with Crippen LogP contribution in [0.2, 0.25) is 5.02 Å². The van der Waals surface area contributed by atoms with E-state index in [1.54, 1.807) is 13.8 Å². The molecule has 0 aromatic heterocycles. The first-order chi connectivity index (χ1) is 9.61. The fourth-order valence-corrected chi connectivity index (χ4v) is 1.69. The molecule has 1 aromatic rings. The van der Waals surface area contributed by atoms with Crippen LogP contribution in [0.5, 0.6) is 0 Å². The van der Waals surface area contributed by atoms with E-state index in [-0.39, 0.29) is 17.3 Å². The molecule has 2 amide bonds. The van der Waals surface area contributed by atoms with Crippen molar-refractivity contribution in [1.82, 2.24) is 5.32 Å². The van der Waals surface area contributed by atoms with Crippen LogP contribution in [0.1, 0.15) is 25.8 Å². The molecular formula is C13H16ClF3N2O2. The Balaban J connectivity index is 2.82. The zero-order valence-electron chi connectivity index (χ0n) is 11.5. The van der Waals surface area contributed by atoms with Crippen molar-refractivity contribution in [2.24, 2.45) is 0 Å². The molecule has 1 unspecified atom stereocenters. The van der Waals surface area contributed by atoms with Gasteiger partial charge >= 0.3 is 12.2 Å². The highest BCUT2D eigenvalue weighted by Gasteiger charge is 2.31. The van der Waals surface area contributed by atoms with Gasteiger partial charge in [-0.1, -0.05) is 18.5 Å². The number of amides is 2. The molecule has 4 nitrogen and oxygen atoms in total. The maximum absolute atomic E-state index is 12.5. The Morgan fingerprint density at radius 3 is 2.43 bits per heavy atom. The Kier molecular flexibility index (Phi) is 5.47. The molecule has 1 atom stereocenters. The summed E-state index contributed by atoms with van der Waals surface area (Å²) in [7, 11) is 0. The van der Waals surface area contributed by atoms with Crippen LogP contribution in [-0.4, -0.2) is 23.3 Å². The molecule has 118 valence electrons. The Labute approximate surface area is 125 Å². The standard InChI is InChI=1S/C13H16ClF3N2O2/c1-3-12(2,7-20)19-11(21)18-10-5-4-8(6-9(10)14)13(15,16)17/h4-6,20H,3,7H2,1-2H3,(H2,18,19,21). The molecule has 8 heteroatoms. The maximum atomic E-state index is 12.5. The Morgan fingerprint density at radius 2 is 2.00 bits per heavy atom. The van der Waals surface area contributed by atoms with Gasteiger partial charge in [-0.3, -0.25) is 0 Å². The van der Waals surface area contributed by atoms with Gasteiger partial charge in [0, 0.05) is 0 Å². The SMILES string of the molecule is CCC(C)(CO)NC(=O)Nc1ccc(C(F)(F)F)cc1Cl. The summed E-state index contributed by atoms with van der Waals surface area (Å²) in [4.78, 5) is 11.8. The van der Waals surface area contributed by atoms with Crippen LogP contribution < -0.4 is 10.6 Å². The number of carbonyl (C=O) groups is 1. The minimum absolute atomic E-state index is 0.0542. The molecule has 0 bridgehead atoms. The van der Waals surface area contributed by atoms with E-state index in [1.807, 2.05) is 0 Å². The molecule has 1 rings (SSSR count). The lowest BCUT2D eigenvalue weighted by Crippen LogP contribution is -2.50. The van der Waals surface area contributed by atoms with Crippen molar-refractivity contribution in [2.75, 3.05) is 11.9 Å². The lowest BCUT2D eigenvalue weighted by atomic mass is 10.0. The van der Waals surface area contributed by atoms with Crippen molar-refractivity contribution in [3.05, 3.63) is 28.8 Å². The van der Waals surface area contributed by atoms with E-state index in [0.717, 1.165) is 18.2 Å². The minimum atomic E-state index is -4.50. The first-order valence-electron chi connectivity index (χ1n) is 6.18. The average Bonchev–Trinajstić information content (AvgIpc) is 2.39. The first-order valence-corrected chi connectivity index (χ1v) is 6.56. The number of urea groups is 1. The van der Waals surface area contributed by atoms with Crippen LogP contribution in [0.4, 0.5) is 23.7 Å². The smallest absolute Gasteiger partial charge is 0.394 e. The van der Waals surface area contributed by atoms with Gasteiger partial charge in [0.1, 0.15) is 0 Å². The van der Waals surface area contributed by atoms with Crippen molar-refractivity contribution in [2.45, 2.75) is 32.0 Å². The number of aliphatic hydroxyl groups excluding tert-OH is 1. The molecule has 0 saturated heterocycles. The van der Waals surface area contributed by atoms with Crippen LogP contribution in [0.3, 0.4) is 0 Å². The van der Waals surface area contributed by atoms with E-state index in [2.05, 4.69) is 10.6 Å². The summed E-state index contributed by atoms with van der Waals surface area (Å²) in [5.74, 6) is 0. The molecule has 0 spiro atoms. The molecule has 0 fully saturated rings. The van der Waals surface area contributed by atoms with Gasteiger partial charge in [-0.05, 0) is 31.5 Å². The number of hydrogen-bond acceptors (Lipinski definition) is 2. The van der Waals surface area contributed by atoms with Gasteiger partial charge in [-0.25, -0.2) is 4.79 Å². The number of anilines is 1. The normalized spacial score (nSPS) is 14.4. The van der Waals surface area contributed by atoms with Gasteiger partial charge < -0.3 is 15.7 Å². The Hall–Kier alpha value is -1.47. The number of benzene rings is 1. The van der Waals surface area contributed by atoms with E-state index in [0.29, 0.717) is 6.42 Å². The second-order valence-corrected chi connectivity index (χ2v) is 5.25. The van der Waals surface area contributed by atoms with E-state index in [4.69, 9.17) is 11.6 Å². The average molecular weight is 325 g/mol. The highest BCUT2D eigenvalue weighted by atomic mass is 35.5. The molecule has 0 heterocycles. The first kappa shape index (κ1) is 17.6. The molecule has 0 aliphatic heterocycles. The number of nitrogens with one attached hydrogen (secondary N) is 2. The van der Waals surface area contributed by atoms with E-state index >= 15 is 0 Å². The summed E-state index contributed by atoms with van der Waals surface area (Å²) in [5.41, 5.74) is -1.66. The van der Waals surface area contributed by atoms with Crippen molar-refractivity contribution in [3.8, 4) is 0 Å². The monoisotopic (exact) mass is 324 g/mol. The molecule has 1 aromatic carbocycles. The van der Waals surface area contributed by atoms with E-state index in [1.165, 1.54) is 0 Å². The lowest BCUT2D eigenvalue weighted by Gasteiger charge is -2.27. The molecule has 21 heavy (non-hydrogen) atoms. The third-order valence-corrected chi connectivity index (χ3v) is 3.40. The Morgan fingerprint density at radius 1 is 1.38 bits per heavy atom. The molecular weight excluding hydrogens is 309 g/mol. The number of carbonyl (C=O) groups excluding carboxylic acids is 1. The molecule has 3 N–H and O–H groups in total. The van der Waals surface area contributed by atoms with Gasteiger partial charge in [-0.2, -0.15) is 13.2 Å². The quantitative estimate of drug-likeness (QED) is 0.792. The fourth-order valence-electron chi connectivity index (χ4n) is 1.46. The second-order valence-electron chi connectivity index (χ2n) is 4.84. The van der Waals surface area contributed by atoms with Crippen molar-refractivity contribution in [3.63, 3.8) is 0 Å². The summed E-state index contributed by atoms with van der Waals surface area (Å²) in [6.45, 7) is 3.15. The molecule has 0 radical (unpaired) electrons. The zero-order valence-corrected chi connectivity index (χ0v) is 12.3. The summed E-state index contributed by atoms with van der Waals surface area (Å²) < 4.78 is 37.5. The predicted octanol–water partition coefficient (Wildman–Crippen LogP) is 3.64. The zero-order chi connectivity index (χ0) is 16.3. The summed E-state index contributed by atoms with van der Waals surface area (Å²) in [6.07, 6.45) is -4.01. The second kappa shape index (κ2) is 6.53. The van der Waals surface area contributed by atoms with Crippen LogP contribution in [-0.2, 0) is 6.18 Å². The van der Waals surface area contributed by atoms with E-state index < -0.39 is 23.3 Å². The van der Waals surface area contributed by atoms with E-state index in [9.17, 15) is 23.1 Å². The molecule has 0 saturated carbocycles. The van der Waals surface area contributed by atoms with Gasteiger partial charge in [0.2, 0.25) is 0 Å². The third kappa shape index (κ3) is 4.78. The summed E-state index contributed by atoms with van der Waals surface area (Å²) in [5, 5.41) is 13.9. The van der Waals surface area contributed by atoms with Crippen molar-refractivity contribution < 1.29 is 23.1 Å². The summed E-state index contributed by atoms with van der Waals surface area (Å²) in [6, 6.07) is 1.98.